The summed E-state index contributed by atoms with van der Waals surface area (Å²) in [6, 6.07) is 0.738. The fourth-order valence-corrected chi connectivity index (χ4v) is 2.24. The molecule has 1 atom stereocenters. The number of nitrogens with zero attached hydrogens (tertiary/aromatic N) is 1. The molecule has 0 saturated heterocycles. The van der Waals surface area contributed by atoms with Crippen molar-refractivity contribution in [3.05, 3.63) is 0 Å². The van der Waals surface area contributed by atoms with Gasteiger partial charge in [0.25, 0.3) is 0 Å². The average molecular weight is 198 g/mol. The zero-order chi connectivity index (χ0) is 10.8. The van der Waals surface area contributed by atoms with Gasteiger partial charge in [-0.2, -0.15) is 0 Å². The first-order valence-electron chi connectivity index (χ1n) is 5.83. The van der Waals surface area contributed by atoms with Crippen molar-refractivity contribution < 1.29 is 0 Å². The third-order valence-corrected chi connectivity index (χ3v) is 3.67. The zero-order valence-corrected chi connectivity index (χ0v) is 10.2. The van der Waals surface area contributed by atoms with Crippen molar-refractivity contribution in [1.82, 2.24) is 4.90 Å². The van der Waals surface area contributed by atoms with E-state index in [0.717, 1.165) is 18.5 Å². The van der Waals surface area contributed by atoms with Crippen molar-refractivity contribution in [2.45, 2.75) is 45.6 Å². The van der Waals surface area contributed by atoms with Crippen LogP contribution in [0.1, 0.15) is 39.5 Å². The van der Waals surface area contributed by atoms with Crippen LogP contribution in [-0.4, -0.2) is 31.6 Å². The Hall–Kier alpha value is -0.0800. The summed E-state index contributed by atoms with van der Waals surface area (Å²) >= 11 is 0. The number of hydrogen-bond donors (Lipinski definition) is 1. The molecule has 1 saturated carbocycles. The molecule has 0 aliphatic heterocycles. The summed E-state index contributed by atoms with van der Waals surface area (Å²) in [4.78, 5) is 2.39. The highest BCUT2D eigenvalue weighted by molar-refractivity contribution is 4.87. The van der Waals surface area contributed by atoms with Gasteiger partial charge in [0.1, 0.15) is 0 Å². The quantitative estimate of drug-likeness (QED) is 0.733. The molecule has 0 spiro atoms. The molecule has 14 heavy (non-hydrogen) atoms. The lowest BCUT2D eigenvalue weighted by Gasteiger charge is -2.41. The molecule has 0 aromatic rings. The molecule has 0 aromatic carbocycles. The van der Waals surface area contributed by atoms with Gasteiger partial charge in [-0.1, -0.05) is 20.3 Å². The van der Waals surface area contributed by atoms with E-state index in [4.69, 9.17) is 5.73 Å². The standard InChI is InChI=1S/C12H26N2/c1-12(2,9-13)8-11(14(3)4)10-6-5-7-10/h10-11H,5-9,13H2,1-4H3. The van der Waals surface area contributed by atoms with Crippen LogP contribution in [0.4, 0.5) is 0 Å². The molecule has 2 heteroatoms. The molecule has 0 bridgehead atoms. The lowest BCUT2D eigenvalue weighted by Crippen LogP contribution is -2.43. The Morgan fingerprint density at radius 1 is 1.36 bits per heavy atom. The Kier molecular flexibility index (Phi) is 3.96. The monoisotopic (exact) mass is 198 g/mol. The van der Waals surface area contributed by atoms with Crippen molar-refractivity contribution >= 4 is 0 Å². The summed E-state index contributed by atoms with van der Waals surface area (Å²) in [7, 11) is 4.41. The summed E-state index contributed by atoms with van der Waals surface area (Å²) < 4.78 is 0. The lowest BCUT2D eigenvalue weighted by molar-refractivity contribution is 0.0976. The molecule has 1 unspecified atom stereocenters. The van der Waals surface area contributed by atoms with Crippen molar-refractivity contribution in [3.8, 4) is 0 Å². The smallest absolute Gasteiger partial charge is 0.0123 e. The molecule has 2 nitrogen and oxygen atoms in total. The maximum absolute atomic E-state index is 5.80. The summed E-state index contributed by atoms with van der Waals surface area (Å²) in [5, 5.41) is 0. The number of hydrogen-bond acceptors (Lipinski definition) is 2. The first-order chi connectivity index (χ1) is 6.46. The summed E-state index contributed by atoms with van der Waals surface area (Å²) in [5.41, 5.74) is 6.09. The van der Waals surface area contributed by atoms with Gasteiger partial charge in [0.2, 0.25) is 0 Å². The molecule has 1 rings (SSSR count). The molecule has 0 aromatic heterocycles. The SMILES string of the molecule is CN(C)C(CC(C)(C)CN)C1CCC1. The average Bonchev–Trinajstić information content (AvgIpc) is 1.99. The van der Waals surface area contributed by atoms with Crippen molar-refractivity contribution in [2.24, 2.45) is 17.1 Å². The van der Waals surface area contributed by atoms with Gasteiger partial charge in [0, 0.05) is 6.04 Å². The van der Waals surface area contributed by atoms with Crippen molar-refractivity contribution in [1.29, 1.82) is 0 Å². The van der Waals surface area contributed by atoms with Crippen LogP contribution < -0.4 is 5.73 Å². The first kappa shape index (κ1) is 12.0. The molecular formula is C12H26N2. The van der Waals surface area contributed by atoms with Crippen molar-refractivity contribution in [3.63, 3.8) is 0 Å². The minimum absolute atomic E-state index is 0.296. The number of nitrogens with two attached hydrogens (primary N) is 1. The van der Waals surface area contributed by atoms with Gasteiger partial charge in [0.05, 0.1) is 0 Å². The topological polar surface area (TPSA) is 29.3 Å². The minimum Gasteiger partial charge on any atom is -0.330 e. The van der Waals surface area contributed by atoms with Gasteiger partial charge in [-0.25, -0.2) is 0 Å². The summed E-state index contributed by atoms with van der Waals surface area (Å²) in [6.45, 7) is 5.36. The van der Waals surface area contributed by atoms with E-state index in [1.54, 1.807) is 0 Å². The lowest BCUT2D eigenvalue weighted by atomic mass is 9.73. The zero-order valence-electron chi connectivity index (χ0n) is 10.2. The van der Waals surface area contributed by atoms with Gasteiger partial charge in [-0.15, -0.1) is 0 Å². The van der Waals surface area contributed by atoms with Crippen LogP contribution in [0, 0.1) is 11.3 Å². The normalized spacial score (nSPS) is 21.0. The van der Waals surface area contributed by atoms with Gasteiger partial charge in [-0.3, -0.25) is 0 Å². The van der Waals surface area contributed by atoms with Gasteiger partial charge in [0.15, 0.2) is 0 Å². The maximum Gasteiger partial charge on any atom is 0.0123 e. The Morgan fingerprint density at radius 2 is 1.93 bits per heavy atom. The third kappa shape index (κ3) is 2.96. The van der Waals surface area contributed by atoms with E-state index < -0.39 is 0 Å². The Labute approximate surface area is 88.8 Å². The minimum atomic E-state index is 0.296. The molecule has 0 amide bonds. The van der Waals surface area contributed by atoms with Crippen LogP contribution >= 0.6 is 0 Å². The molecule has 84 valence electrons. The highest BCUT2D eigenvalue weighted by atomic mass is 15.1. The second kappa shape index (κ2) is 4.63. The fraction of sp³-hybridized carbons (Fsp3) is 1.00. The van der Waals surface area contributed by atoms with Crippen molar-refractivity contribution in [2.75, 3.05) is 20.6 Å². The Bertz CT molecular complexity index is 171. The van der Waals surface area contributed by atoms with Crippen LogP contribution in [0.25, 0.3) is 0 Å². The van der Waals surface area contributed by atoms with Crippen LogP contribution in [0.5, 0.6) is 0 Å². The van der Waals surface area contributed by atoms with E-state index in [-0.39, 0.29) is 0 Å². The van der Waals surface area contributed by atoms with E-state index in [1.165, 1.54) is 25.7 Å². The second-order valence-electron chi connectivity index (χ2n) is 5.79. The Balaban J connectivity index is 2.50. The third-order valence-electron chi connectivity index (χ3n) is 3.67. The van der Waals surface area contributed by atoms with Gasteiger partial charge in [-0.05, 0) is 51.2 Å². The van der Waals surface area contributed by atoms with Crippen LogP contribution in [0.2, 0.25) is 0 Å². The van der Waals surface area contributed by atoms with Gasteiger partial charge >= 0.3 is 0 Å². The highest BCUT2D eigenvalue weighted by Gasteiger charge is 2.32. The predicted octanol–water partition coefficient (Wildman–Crippen LogP) is 2.09. The van der Waals surface area contributed by atoms with Crippen LogP contribution in [0.3, 0.4) is 0 Å². The number of rotatable bonds is 5. The van der Waals surface area contributed by atoms with Crippen LogP contribution in [-0.2, 0) is 0 Å². The fourth-order valence-electron chi connectivity index (χ4n) is 2.24. The van der Waals surface area contributed by atoms with E-state index in [9.17, 15) is 0 Å². The van der Waals surface area contributed by atoms with E-state index in [2.05, 4.69) is 32.8 Å². The summed E-state index contributed by atoms with van der Waals surface area (Å²) in [5.74, 6) is 0.927. The molecule has 1 aliphatic carbocycles. The summed E-state index contributed by atoms with van der Waals surface area (Å²) in [6.07, 6.45) is 5.51. The predicted molar refractivity (Wildman–Crippen MR) is 62.3 cm³/mol. The maximum atomic E-state index is 5.80. The molecular weight excluding hydrogens is 172 g/mol. The first-order valence-corrected chi connectivity index (χ1v) is 5.83. The second-order valence-corrected chi connectivity index (χ2v) is 5.79. The molecule has 0 heterocycles. The molecule has 2 N–H and O–H groups in total. The largest absolute Gasteiger partial charge is 0.330 e. The van der Waals surface area contributed by atoms with E-state index in [1.807, 2.05) is 0 Å². The van der Waals surface area contributed by atoms with E-state index in [0.29, 0.717) is 5.41 Å². The van der Waals surface area contributed by atoms with E-state index >= 15 is 0 Å². The highest BCUT2D eigenvalue weighted by Crippen LogP contribution is 2.36. The molecule has 1 fully saturated rings. The van der Waals surface area contributed by atoms with Gasteiger partial charge < -0.3 is 10.6 Å². The molecule has 0 radical (unpaired) electrons. The Morgan fingerprint density at radius 3 is 2.21 bits per heavy atom. The molecule has 1 aliphatic rings. The van der Waals surface area contributed by atoms with Crippen LogP contribution in [0.15, 0.2) is 0 Å².